The quantitative estimate of drug-likeness (QED) is 0.921. The number of hydrogen-bond acceptors (Lipinski definition) is 5. The van der Waals surface area contributed by atoms with Gasteiger partial charge in [0.2, 0.25) is 5.89 Å². The van der Waals surface area contributed by atoms with Crippen molar-refractivity contribution >= 4 is 18.3 Å². The summed E-state index contributed by atoms with van der Waals surface area (Å²) in [5, 5.41) is 4.07. The third-order valence-electron chi connectivity index (χ3n) is 4.95. The third-order valence-corrected chi connectivity index (χ3v) is 4.95. The molecule has 2 fully saturated rings. The molecule has 0 spiro atoms. The van der Waals surface area contributed by atoms with Crippen LogP contribution in [-0.4, -0.2) is 27.5 Å². The number of rotatable bonds is 3. The maximum Gasteiger partial charge on any atom is 0.254 e. The molecule has 0 radical (unpaired) electrons. The lowest BCUT2D eigenvalue weighted by atomic mass is 9.77. The SMILES string of the molecule is Cl.NC1(c2noc(C3CCCN3C(=O)c3ccccc3)n2)CCC1. The predicted molar refractivity (Wildman–Crippen MR) is 90.7 cm³/mol. The molecular formula is C17H21ClN4O2. The van der Waals surface area contributed by atoms with Crippen LogP contribution in [0, 0.1) is 0 Å². The Bertz CT molecular complexity index is 714. The number of nitrogens with two attached hydrogens (primary N) is 1. The Morgan fingerprint density at radius 3 is 2.67 bits per heavy atom. The lowest BCUT2D eigenvalue weighted by Gasteiger charge is -2.34. The number of halogens is 1. The summed E-state index contributed by atoms with van der Waals surface area (Å²) in [6.07, 6.45) is 4.67. The molecule has 1 amide bonds. The number of nitrogens with zero attached hydrogens (tertiary/aromatic N) is 3. The zero-order chi connectivity index (χ0) is 15.9. The lowest BCUT2D eigenvalue weighted by Crippen LogP contribution is -2.44. The van der Waals surface area contributed by atoms with Crippen LogP contribution in [0.15, 0.2) is 34.9 Å². The Kier molecular flexibility index (Phi) is 4.60. The lowest BCUT2D eigenvalue weighted by molar-refractivity contribution is 0.0710. The first-order valence-electron chi connectivity index (χ1n) is 8.16. The highest BCUT2D eigenvalue weighted by Crippen LogP contribution is 2.39. The minimum atomic E-state index is -0.436. The zero-order valence-electron chi connectivity index (χ0n) is 13.4. The Balaban J connectivity index is 0.00000169. The number of carbonyl (C=O) groups is 1. The van der Waals surface area contributed by atoms with Gasteiger partial charge < -0.3 is 15.2 Å². The molecule has 2 aromatic rings. The molecule has 24 heavy (non-hydrogen) atoms. The van der Waals surface area contributed by atoms with E-state index in [1.165, 1.54) is 0 Å². The number of benzene rings is 1. The van der Waals surface area contributed by atoms with E-state index in [0.717, 1.165) is 32.1 Å². The molecule has 2 aliphatic rings. The smallest absolute Gasteiger partial charge is 0.254 e. The maximum atomic E-state index is 12.7. The molecule has 128 valence electrons. The van der Waals surface area contributed by atoms with Crippen LogP contribution in [0.4, 0.5) is 0 Å². The van der Waals surface area contributed by atoms with Crippen molar-refractivity contribution in [2.45, 2.75) is 43.7 Å². The van der Waals surface area contributed by atoms with Gasteiger partial charge in [0.25, 0.3) is 5.91 Å². The van der Waals surface area contributed by atoms with Gasteiger partial charge in [0.05, 0.1) is 5.54 Å². The average molecular weight is 349 g/mol. The van der Waals surface area contributed by atoms with E-state index in [0.29, 0.717) is 23.8 Å². The van der Waals surface area contributed by atoms with Crippen LogP contribution in [0.5, 0.6) is 0 Å². The third kappa shape index (κ3) is 2.80. The van der Waals surface area contributed by atoms with Gasteiger partial charge in [0.1, 0.15) is 6.04 Å². The highest BCUT2D eigenvalue weighted by atomic mass is 35.5. The molecule has 1 saturated heterocycles. The van der Waals surface area contributed by atoms with Crippen molar-refractivity contribution in [3.8, 4) is 0 Å². The van der Waals surface area contributed by atoms with E-state index in [1.807, 2.05) is 35.2 Å². The van der Waals surface area contributed by atoms with E-state index in [9.17, 15) is 4.79 Å². The minimum absolute atomic E-state index is 0. The van der Waals surface area contributed by atoms with Crippen molar-refractivity contribution in [2.75, 3.05) is 6.54 Å². The van der Waals surface area contributed by atoms with E-state index in [1.54, 1.807) is 0 Å². The van der Waals surface area contributed by atoms with Crippen LogP contribution >= 0.6 is 12.4 Å². The topological polar surface area (TPSA) is 85.2 Å². The second-order valence-corrected chi connectivity index (χ2v) is 6.49. The second-order valence-electron chi connectivity index (χ2n) is 6.49. The fourth-order valence-corrected chi connectivity index (χ4v) is 3.37. The molecule has 1 aliphatic carbocycles. The summed E-state index contributed by atoms with van der Waals surface area (Å²) < 4.78 is 5.45. The molecular weight excluding hydrogens is 328 g/mol. The number of carbonyl (C=O) groups excluding carboxylic acids is 1. The maximum absolute atomic E-state index is 12.7. The Morgan fingerprint density at radius 1 is 1.25 bits per heavy atom. The summed E-state index contributed by atoms with van der Waals surface area (Å²) >= 11 is 0. The molecule has 0 bridgehead atoms. The van der Waals surface area contributed by atoms with Gasteiger partial charge >= 0.3 is 0 Å². The first-order valence-corrected chi connectivity index (χ1v) is 8.16. The van der Waals surface area contributed by atoms with Gasteiger partial charge in [0, 0.05) is 12.1 Å². The number of aromatic nitrogens is 2. The molecule has 6 nitrogen and oxygen atoms in total. The summed E-state index contributed by atoms with van der Waals surface area (Å²) in [6, 6.07) is 9.17. The summed E-state index contributed by atoms with van der Waals surface area (Å²) in [4.78, 5) is 19.1. The molecule has 1 aliphatic heterocycles. The van der Waals surface area contributed by atoms with Crippen molar-refractivity contribution in [2.24, 2.45) is 5.73 Å². The Labute approximate surface area is 146 Å². The Morgan fingerprint density at radius 2 is 2.00 bits per heavy atom. The summed E-state index contributed by atoms with van der Waals surface area (Å²) in [7, 11) is 0. The van der Waals surface area contributed by atoms with Crippen LogP contribution in [0.1, 0.15) is 60.2 Å². The monoisotopic (exact) mass is 348 g/mol. The van der Waals surface area contributed by atoms with E-state index in [4.69, 9.17) is 10.3 Å². The van der Waals surface area contributed by atoms with Gasteiger partial charge in [-0.1, -0.05) is 23.4 Å². The highest BCUT2D eigenvalue weighted by molar-refractivity contribution is 5.94. The molecule has 1 aromatic heterocycles. The van der Waals surface area contributed by atoms with Gasteiger partial charge in [-0.25, -0.2) is 0 Å². The first-order chi connectivity index (χ1) is 11.2. The summed E-state index contributed by atoms with van der Waals surface area (Å²) in [6.45, 7) is 0.712. The normalized spacial score (nSPS) is 21.9. The molecule has 1 aromatic carbocycles. The number of amides is 1. The van der Waals surface area contributed by atoms with Crippen LogP contribution in [0.25, 0.3) is 0 Å². The van der Waals surface area contributed by atoms with E-state index < -0.39 is 5.54 Å². The van der Waals surface area contributed by atoms with Crippen LogP contribution in [0.2, 0.25) is 0 Å². The fourth-order valence-electron chi connectivity index (χ4n) is 3.37. The summed E-state index contributed by atoms with van der Waals surface area (Å²) in [5.74, 6) is 1.11. The van der Waals surface area contributed by atoms with Gasteiger partial charge in [-0.2, -0.15) is 4.98 Å². The van der Waals surface area contributed by atoms with Crippen molar-refractivity contribution in [3.05, 3.63) is 47.6 Å². The fraction of sp³-hybridized carbons (Fsp3) is 0.471. The number of hydrogen-bond donors (Lipinski definition) is 1. The average Bonchev–Trinajstić information content (AvgIpc) is 3.21. The van der Waals surface area contributed by atoms with Gasteiger partial charge in [-0.15, -0.1) is 12.4 Å². The predicted octanol–water partition coefficient (Wildman–Crippen LogP) is 2.81. The zero-order valence-corrected chi connectivity index (χ0v) is 14.2. The van der Waals surface area contributed by atoms with Crippen LogP contribution in [0.3, 0.4) is 0 Å². The minimum Gasteiger partial charge on any atom is -0.337 e. The highest BCUT2D eigenvalue weighted by Gasteiger charge is 2.41. The molecule has 1 unspecified atom stereocenters. The van der Waals surface area contributed by atoms with Gasteiger partial charge in [-0.05, 0) is 44.2 Å². The van der Waals surface area contributed by atoms with Gasteiger partial charge in [-0.3, -0.25) is 4.79 Å². The number of likely N-dealkylation sites (tertiary alicyclic amines) is 1. The van der Waals surface area contributed by atoms with Crippen molar-refractivity contribution in [1.29, 1.82) is 0 Å². The first kappa shape index (κ1) is 16.9. The van der Waals surface area contributed by atoms with Gasteiger partial charge in [0.15, 0.2) is 5.82 Å². The molecule has 1 saturated carbocycles. The van der Waals surface area contributed by atoms with Crippen molar-refractivity contribution in [3.63, 3.8) is 0 Å². The van der Waals surface area contributed by atoms with E-state index in [2.05, 4.69) is 10.1 Å². The molecule has 7 heteroatoms. The van der Waals surface area contributed by atoms with Crippen LogP contribution in [-0.2, 0) is 5.54 Å². The van der Waals surface area contributed by atoms with E-state index >= 15 is 0 Å². The van der Waals surface area contributed by atoms with Crippen molar-refractivity contribution < 1.29 is 9.32 Å². The molecule has 4 rings (SSSR count). The van der Waals surface area contributed by atoms with E-state index in [-0.39, 0.29) is 24.4 Å². The molecule has 2 N–H and O–H groups in total. The largest absolute Gasteiger partial charge is 0.337 e. The molecule has 2 heterocycles. The summed E-state index contributed by atoms with van der Waals surface area (Å²) in [5.41, 5.74) is 6.51. The Hall–Kier alpha value is -1.92. The second kappa shape index (κ2) is 6.53. The van der Waals surface area contributed by atoms with Crippen LogP contribution < -0.4 is 5.73 Å². The standard InChI is InChI=1S/C17H20N4O2.ClH/c18-17(9-5-10-17)16-19-14(23-20-16)13-8-4-11-21(13)15(22)12-6-2-1-3-7-12;/h1-3,6-7,13H,4-5,8-11,18H2;1H. The molecule has 1 atom stereocenters. The van der Waals surface area contributed by atoms with Crippen molar-refractivity contribution in [1.82, 2.24) is 15.0 Å².